The van der Waals surface area contributed by atoms with E-state index in [2.05, 4.69) is 184 Å². The van der Waals surface area contributed by atoms with E-state index in [1.165, 1.54) is 33.4 Å². The van der Waals surface area contributed by atoms with Gasteiger partial charge in [0.15, 0.2) is 17.5 Å². The van der Waals surface area contributed by atoms with Crippen LogP contribution >= 0.6 is 0 Å². The molecule has 5 heteroatoms. The predicted octanol–water partition coefficient (Wildman–Crippen LogP) is 13.1. The third-order valence-electron chi connectivity index (χ3n) is 13.7. The minimum Gasteiger partial charge on any atom is -0.456 e. The average Bonchev–Trinajstić information content (AvgIpc) is 3.83. The molecule has 0 amide bonds. The van der Waals surface area contributed by atoms with Crippen LogP contribution in [0.15, 0.2) is 179 Å². The molecule has 59 heavy (non-hydrogen) atoms. The summed E-state index contributed by atoms with van der Waals surface area (Å²) in [5.41, 5.74) is 13.7. The first-order valence-electron chi connectivity index (χ1n) is 20.6. The monoisotopic (exact) mass is 760 g/mol. The maximum Gasteiger partial charge on any atom is 0.164 e. The zero-order valence-corrected chi connectivity index (χ0v) is 33.4. The van der Waals surface area contributed by atoms with E-state index in [0.29, 0.717) is 17.6 Å². The number of para-hydroxylation sites is 3. The van der Waals surface area contributed by atoms with Gasteiger partial charge in [0.05, 0.1) is 11.0 Å². The summed E-state index contributed by atoms with van der Waals surface area (Å²) in [5, 5.41) is 4.36. The molecule has 0 spiro atoms. The number of rotatable bonds is 5. The Morgan fingerprint density at radius 1 is 0.508 bits per heavy atom. The van der Waals surface area contributed by atoms with Gasteiger partial charge in [0.1, 0.15) is 16.6 Å². The van der Waals surface area contributed by atoms with Crippen LogP contribution < -0.4 is 0 Å². The van der Waals surface area contributed by atoms with Gasteiger partial charge in [-0.1, -0.05) is 140 Å². The van der Waals surface area contributed by atoms with E-state index in [9.17, 15) is 0 Å². The summed E-state index contributed by atoms with van der Waals surface area (Å²) in [5.74, 6) is 2.32. The molecule has 0 fully saturated rings. The summed E-state index contributed by atoms with van der Waals surface area (Å²) in [6, 6.07) is 58.4. The second-order valence-electron chi connectivity index (χ2n) is 16.6. The van der Waals surface area contributed by atoms with Crippen molar-refractivity contribution in [3.05, 3.63) is 203 Å². The van der Waals surface area contributed by atoms with Crippen molar-refractivity contribution in [1.82, 2.24) is 19.5 Å². The molecule has 3 aromatic heterocycles. The van der Waals surface area contributed by atoms with Gasteiger partial charge in [-0.2, -0.15) is 0 Å². The lowest BCUT2D eigenvalue weighted by atomic mass is 9.45. The summed E-state index contributed by atoms with van der Waals surface area (Å²) in [6.45, 7) is 9.39. The Morgan fingerprint density at radius 2 is 1.12 bits per heavy atom. The first-order valence-corrected chi connectivity index (χ1v) is 20.6. The number of allylic oxidation sites excluding steroid dienone is 2. The van der Waals surface area contributed by atoms with Crippen LogP contribution in [0.1, 0.15) is 55.8 Å². The highest BCUT2D eigenvalue weighted by Crippen LogP contribution is 2.65. The van der Waals surface area contributed by atoms with Crippen molar-refractivity contribution in [3.8, 4) is 28.5 Å². The summed E-state index contributed by atoms with van der Waals surface area (Å²) >= 11 is 0. The topological polar surface area (TPSA) is 56.7 Å². The quantitative estimate of drug-likeness (QED) is 0.164. The van der Waals surface area contributed by atoms with Crippen molar-refractivity contribution in [2.45, 2.75) is 38.5 Å². The van der Waals surface area contributed by atoms with Crippen LogP contribution in [0, 0.1) is 5.92 Å². The molecule has 0 unspecified atom stereocenters. The van der Waals surface area contributed by atoms with Crippen LogP contribution in [0.25, 0.3) is 72.2 Å². The summed E-state index contributed by atoms with van der Waals surface area (Å²) in [7, 11) is 0. The van der Waals surface area contributed by atoms with E-state index < -0.39 is 5.41 Å². The fourth-order valence-corrected chi connectivity index (χ4v) is 11.2. The van der Waals surface area contributed by atoms with Crippen molar-refractivity contribution in [3.63, 3.8) is 0 Å². The first kappa shape index (κ1) is 34.0. The standard InChI is InChI=1S/C54H40N4O/c1-32(2)53-33(3)34(4)54(43-24-12-10-22-41(43)53,44-25-13-11-23-42(44)53)52-56-50(35-29-30-48-40(31-35)37-19-9-15-28-47(37)59-48)55-51(57-52)39-21-16-27-46-49(39)38-20-8-14-26-45(38)58(46)36-17-6-5-7-18-36/h5-32H,1-4H3. The number of aromatic nitrogens is 4. The van der Waals surface area contributed by atoms with E-state index in [4.69, 9.17) is 19.4 Å². The molecular weight excluding hydrogens is 721 g/mol. The zero-order valence-electron chi connectivity index (χ0n) is 33.4. The first-order chi connectivity index (χ1) is 28.9. The fraction of sp³-hybridized carbons (Fsp3) is 0.130. The minimum atomic E-state index is -0.751. The Labute approximate surface area is 342 Å². The number of benzene rings is 7. The van der Waals surface area contributed by atoms with E-state index >= 15 is 0 Å². The van der Waals surface area contributed by atoms with Crippen LogP contribution in [0.5, 0.6) is 0 Å². The van der Waals surface area contributed by atoms with E-state index in [-0.39, 0.29) is 5.41 Å². The van der Waals surface area contributed by atoms with Gasteiger partial charge in [0, 0.05) is 43.8 Å². The van der Waals surface area contributed by atoms with Gasteiger partial charge in [0.25, 0.3) is 0 Å². The number of fused-ring (bicyclic) bond motifs is 6. The molecule has 282 valence electrons. The third-order valence-corrected chi connectivity index (χ3v) is 13.7. The highest BCUT2D eigenvalue weighted by atomic mass is 16.3. The molecule has 3 aliphatic carbocycles. The number of furan rings is 1. The number of hydrogen-bond acceptors (Lipinski definition) is 4. The van der Waals surface area contributed by atoms with Gasteiger partial charge in [-0.25, -0.2) is 15.0 Å². The Morgan fingerprint density at radius 3 is 1.86 bits per heavy atom. The smallest absolute Gasteiger partial charge is 0.164 e. The number of hydrogen-bond donors (Lipinski definition) is 0. The SMILES string of the molecule is CC1=C(C)C2(C(C)C)c3ccccc3C1(c1nc(-c3ccc4oc5ccccc5c4c3)nc(-c3cccc4c3c3ccccc3n4-c3ccccc3)n1)c1ccccc12. The van der Waals surface area contributed by atoms with Crippen molar-refractivity contribution in [2.24, 2.45) is 5.92 Å². The third kappa shape index (κ3) is 4.32. The fourth-order valence-electron chi connectivity index (χ4n) is 11.2. The van der Waals surface area contributed by atoms with Crippen LogP contribution in [-0.2, 0) is 10.8 Å². The van der Waals surface area contributed by atoms with Gasteiger partial charge < -0.3 is 8.98 Å². The molecule has 3 aliphatic rings. The van der Waals surface area contributed by atoms with E-state index in [1.54, 1.807) is 0 Å². The molecule has 0 radical (unpaired) electrons. The lowest BCUT2D eigenvalue weighted by molar-refractivity contribution is 0.371. The Hall–Kier alpha value is -7.11. The maximum atomic E-state index is 6.29. The molecule has 0 atom stereocenters. The van der Waals surface area contributed by atoms with Crippen LogP contribution in [0.2, 0.25) is 0 Å². The van der Waals surface area contributed by atoms with Crippen LogP contribution in [0.3, 0.4) is 0 Å². The van der Waals surface area contributed by atoms with E-state index in [0.717, 1.165) is 66.4 Å². The maximum absolute atomic E-state index is 6.29. The molecule has 2 bridgehead atoms. The predicted molar refractivity (Wildman–Crippen MR) is 239 cm³/mol. The summed E-state index contributed by atoms with van der Waals surface area (Å²) in [6.07, 6.45) is 0. The Balaban J connectivity index is 1.21. The largest absolute Gasteiger partial charge is 0.456 e. The summed E-state index contributed by atoms with van der Waals surface area (Å²) < 4.78 is 8.64. The molecule has 5 nitrogen and oxygen atoms in total. The molecule has 3 heterocycles. The highest BCUT2D eigenvalue weighted by Gasteiger charge is 2.60. The van der Waals surface area contributed by atoms with Gasteiger partial charge >= 0.3 is 0 Å². The van der Waals surface area contributed by atoms with Crippen molar-refractivity contribution >= 4 is 43.7 Å². The molecule has 0 N–H and O–H groups in total. The molecule has 0 saturated heterocycles. The lowest BCUT2D eigenvalue weighted by Gasteiger charge is -2.57. The molecule has 13 rings (SSSR count). The van der Waals surface area contributed by atoms with Gasteiger partial charge in [-0.3, -0.25) is 0 Å². The van der Waals surface area contributed by atoms with E-state index in [1.807, 2.05) is 12.1 Å². The van der Waals surface area contributed by atoms with Crippen molar-refractivity contribution in [2.75, 3.05) is 0 Å². The van der Waals surface area contributed by atoms with Gasteiger partial charge in [-0.05, 0) is 90.6 Å². The zero-order chi connectivity index (χ0) is 39.6. The minimum absolute atomic E-state index is 0.268. The second kappa shape index (κ2) is 12.2. The Bertz CT molecular complexity index is 3360. The van der Waals surface area contributed by atoms with Crippen LogP contribution in [-0.4, -0.2) is 19.5 Å². The Kier molecular flexibility index (Phi) is 7.03. The van der Waals surface area contributed by atoms with Crippen molar-refractivity contribution < 1.29 is 4.42 Å². The molecular formula is C54H40N4O. The summed E-state index contributed by atoms with van der Waals surface area (Å²) in [4.78, 5) is 16.8. The second-order valence-corrected chi connectivity index (χ2v) is 16.6. The average molecular weight is 761 g/mol. The molecule has 7 aromatic carbocycles. The van der Waals surface area contributed by atoms with Crippen molar-refractivity contribution in [1.29, 1.82) is 0 Å². The molecule has 10 aromatic rings. The normalized spacial score (nSPS) is 18.4. The molecule has 0 saturated carbocycles. The van der Waals surface area contributed by atoms with Crippen LogP contribution in [0.4, 0.5) is 0 Å². The highest BCUT2D eigenvalue weighted by molar-refractivity contribution is 6.15. The number of nitrogens with zero attached hydrogens (tertiary/aromatic N) is 4. The van der Waals surface area contributed by atoms with Gasteiger partial charge in [-0.15, -0.1) is 0 Å². The molecule has 0 aliphatic heterocycles. The lowest BCUT2D eigenvalue weighted by Crippen LogP contribution is -2.53. The van der Waals surface area contributed by atoms with Gasteiger partial charge in [0.2, 0.25) is 0 Å².